The summed E-state index contributed by atoms with van der Waals surface area (Å²) in [7, 11) is 0. The van der Waals surface area contributed by atoms with Gasteiger partial charge in [-0.25, -0.2) is 4.79 Å². The fraction of sp³-hybridized carbons (Fsp3) is 0.316. The average molecular weight is 328 g/mol. The minimum Gasteiger partial charge on any atom is -0.492 e. The Morgan fingerprint density at radius 3 is 2.25 bits per heavy atom. The van der Waals surface area contributed by atoms with Crippen molar-refractivity contribution in [2.45, 2.75) is 26.9 Å². The zero-order valence-electron chi connectivity index (χ0n) is 14.3. The lowest BCUT2D eigenvalue weighted by molar-refractivity contribution is 0.242. The van der Waals surface area contributed by atoms with Crippen molar-refractivity contribution < 1.29 is 14.3 Å². The number of hydrogen-bond acceptors (Lipinski definition) is 3. The molecule has 2 N–H and O–H groups in total. The summed E-state index contributed by atoms with van der Waals surface area (Å²) in [6.45, 7) is 6.81. The lowest BCUT2D eigenvalue weighted by Gasteiger charge is -2.11. The van der Waals surface area contributed by atoms with Crippen LogP contribution < -0.4 is 20.1 Å². The van der Waals surface area contributed by atoms with Crippen LogP contribution in [0, 0.1) is 6.92 Å². The third-order valence-electron chi connectivity index (χ3n) is 3.16. The molecule has 2 rings (SSSR count). The Balaban J connectivity index is 1.68. The fourth-order valence-corrected chi connectivity index (χ4v) is 2.03. The van der Waals surface area contributed by atoms with Gasteiger partial charge in [-0.3, -0.25) is 0 Å². The second-order valence-corrected chi connectivity index (χ2v) is 5.73. The van der Waals surface area contributed by atoms with Crippen molar-refractivity contribution in [3.05, 3.63) is 54.1 Å². The molecule has 0 unspecified atom stereocenters. The van der Waals surface area contributed by atoms with E-state index in [9.17, 15) is 4.79 Å². The van der Waals surface area contributed by atoms with Crippen molar-refractivity contribution in [2.75, 3.05) is 18.5 Å². The van der Waals surface area contributed by atoms with Gasteiger partial charge in [-0.2, -0.15) is 0 Å². The quantitative estimate of drug-likeness (QED) is 0.756. The zero-order chi connectivity index (χ0) is 17.4. The molecule has 0 spiro atoms. The third kappa shape index (κ3) is 6.20. The predicted molar refractivity (Wildman–Crippen MR) is 95.9 cm³/mol. The number of rotatable bonds is 7. The van der Waals surface area contributed by atoms with E-state index in [1.54, 1.807) is 12.1 Å². The Hall–Kier alpha value is -2.69. The first-order valence-electron chi connectivity index (χ1n) is 8.04. The molecule has 0 aromatic heterocycles. The first kappa shape index (κ1) is 17.7. The summed E-state index contributed by atoms with van der Waals surface area (Å²) in [6.07, 6.45) is 0.126. The average Bonchev–Trinajstić information content (AvgIpc) is 2.55. The molecular weight excluding hydrogens is 304 g/mol. The maximum absolute atomic E-state index is 11.8. The second kappa shape index (κ2) is 8.82. The van der Waals surface area contributed by atoms with Crippen LogP contribution in [0.5, 0.6) is 11.5 Å². The van der Waals surface area contributed by atoms with Gasteiger partial charge in [0.15, 0.2) is 0 Å². The van der Waals surface area contributed by atoms with E-state index in [1.807, 2.05) is 57.2 Å². The van der Waals surface area contributed by atoms with Gasteiger partial charge >= 0.3 is 6.03 Å². The van der Waals surface area contributed by atoms with Crippen LogP contribution in [0.3, 0.4) is 0 Å². The summed E-state index contributed by atoms with van der Waals surface area (Å²) in [4.78, 5) is 11.8. The number of carbonyl (C=O) groups is 1. The fourth-order valence-electron chi connectivity index (χ4n) is 2.03. The summed E-state index contributed by atoms with van der Waals surface area (Å²) in [5.74, 6) is 1.58. The van der Waals surface area contributed by atoms with Crippen LogP contribution in [0.4, 0.5) is 10.5 Å². The number of urea groups is 1. The van der Waals surface area contributed by atoms with E-state index in [4.69, 9.17) is 9.47 Å². The van der Waals surface area contributed by atoms with Gasteiger partial charge in [0.25, 0.3) is 0 Å². The first-order valence-corrected chi connectivity index (χ1v) is 8.04. The van der Waals surface area contributed by atoms with Crippen LogP contribution in [-0.2, 0) is 0 Å². The zero-order valence-corrected chi connectivity index (χ0v) is 14.3. The van der Waals surface area contributed by atoms with E-state index >= 15 is 0 Å². The molecule has 5 heteroatoms. The van der Waals surface area contributed by atoms with E-state index in [0.29, 0.717) is 18.8 Å². The van der Waals surface area contributed by atoms with E-state index in [2.05, 4.69) is 10.6 Å². The lowest BCUT2D eigenvalue weighted by atomic mass is 10.2. The molecule has 5 nitrogen and oxygen atoms in total. The van der Waals surface area contributed by atoms with Crippen LogP contribution in [0.15, 0.2) is 48.5 Å². The minimum atomic E-state index is -0.264. The lowest BCUT2D eigenvalue weighted by Crippen LogP contribution is -2.32. The smallest absolute Gasteiger partial charge is 0.319 e. The standard InChI is InChI=1S/C19H24N2O3/c1-14(2)24-18-10-6-16(7-11-18)21-19(22)20-12-13-23-17-8-4-15(3)5-9-17/h4-11,14H,12-13H2,1-3H3,(H2,20,21,22). The molecular formula is C19H24N2O3. The number of hydrogen-bond donors (Lipinski definition) is 2. The maximum Gasteiger partial charge on any atom is 0.319 e. The summed E-state index contributed by atoms with van der Waals surface area (Å²) in [5, 5.41) is 5.52. The summed E-state index contributed by atoms with van der Waals surface area (Å²) in [5.41, 5.74) is 1.90. The second-order valence-electron chi connectivity index (χ2n) is 5.73. The summed E-state index contributed by atoms with van der Waals surface area (Å²) < 4.78 is 11.1. The highest BCUT2D eigenvalue weighted by atomic mass is 16.5. The van der Waals surface area contributed by atoms with E-state index in [0.717, 1.165) is 11.5 Å². The molecule has 128 valence electrons. The van der Waals surface area contributed by atoms with Crippen molar-refractivity contribution in [3.8, 4) is 11.5 Å². The Morgan fingerprint density at radius 1 is 1.00 bits per heavy atom. The Morgan fingerprint density at radius 2 is 1.62 bits per heavy atom. The van der Waals surface area contributed by atoms with Gasteiger partial charge in [0.05, 0.1) is 12.6 Å². The molecule has 0 fully saturated rings. The van der Waals surface area contributed by atoms with Crippen molar-refractivity contribution in [3.63, 3.8) is 0 Å². The molecule has 24 heavy (non-hydrogen) atoms. The first-order chi connectivity index (χ1) is 11.5. The SMILES string of the molecule is Cc1ccc(OCCNC(=O)Nc2ccc(OC(C)C)cc2)cc1. The van der Waals surface area contributed by atoms with Crippen molar-refractivity contribution in [1.82, 2.24) is 5.32 Å². The van der Waals surface area contributed by atoms with Crippen molar-refractivity contribution >= 4 is 11.7 Å². The number of anilines is 1. The normalized spacial score (nSPS) is 10.3. The highest BCUT2D eigenvalue weighted by Gasteiger charge is 2.03. The van der Waals surface area contributed by atoms with Crippen LogP contribution in [-0.4, -0.2) is 25.3 Å². The number of ether oxygens (including phenoxy) is 2. The van der Waals surface area contributed by atoms with Gasteiger partial charge in [-0.15, -0.1) is 0 Å². The highest BCUT2D eigenvalue weighted by Crippen LogP contribution is 2.16. The molecule has 0 heterocycles. The molecule has 0 bridgehead atoms. The summed E-state index contributed by atoms with van der Waals surface area (Å²) in [6, 6.07) is 14.8. The van der Waals surface area contributed by atoms with E-state index in [-0.39, 0.29) is 12.1 Å². The monoisotopic (exact) mass is 328 g/mol. The molecule has 2 amide bonds. The van der Waals surface area contributed by atoms with Gasteiger partial charge in [0, 0.05) is 5.69 Å². The van der Waals surface area contributed by atoms with Crippen LogP contribution >= 0.6 is 0 Å². The van der Waals surface area contributed by atoms with Crippen molar-refractivity contribution in [2.24, 2.45) is 0 Å². The van der Waals surface area contributed by atoms with Gasteiger partial charge in [-0.1, -0.05) is 17.7 Å². The van der Waals surface area contributed by atoms with Gasteiger partial charge in [-0.05, 0) is 57.2 Å². The Labute approximate surface area is 143 Å². The molecule has 0 aliphatic carbocycles. The van der Waals surface area contributed by atoms with Crippen LogP contribution in [0.1, 0.15) is 19.4 Å². The molecule has 0 saturated heterocycles. The maximum atomic E-state index is 11.8. The van der Waals surface area contributed by atoms with Crippen LogP contribution in [0.2, 0.25) is 0 Å². The number of aryl methyl sites for hydroxylation is 1. The molecule has 0 aliphatic rings. The number of benzene rings is 2. The predicted octanol–water partition coefficient (Wildman–Crippen LogP) is 3.98. The summed E-state index contributed by atoms with van der Waals surface area (Å²) >= 11 is 0. The molecule has 0 atom stereocenters. The third-order valence-corrected chi connectivity index (χ3v) is 3.16. The molecule has 2 aromatic carbocycles. The molecule has 0 aliphatic heterocycles. The highest BCUT2D eigenvalue weighted by molar-refractivity contribution is 5.89. The number of nitrogens with one attached hydrogen (secondary N) is 2. The van der Waals surface area contributed by atoms with E-state index in [1.165, 1.54) is 5.56 Å². The largest absolute Gasteiger partial charge is 0.492 e. The van der Waals surface area contributed by atoms with Crippen molar-refractivity contribution in [1.29, 1.82) is 0 Å². The van der Waals surface area contributed by atoms with Gasteiger partial charge in [0.1, 0.15) is 18.1 Å². The molecule has 0 saturated carbocycles. The Bertz CT molecular complexity index is 637. The van der Waals surface area contributed by atoms with Gasteiger partial charge in [0.2, 0.25) is 0 Å². The van der Waals surface area contributed by atoms with Gasteiger partial charge < -0.3 is 20.1 Å². The number of carbonyl (C=O) groups excluding carboxylic acids is 1. The Kier molecular flexibility index (Phi) is 6.49. The topological polar surface area (TPSA) is 59.6 Å². The van der Waals surface area contributed by atoms with E-state index < -0.39 is 0 Å². The minimum absolute atomic E-state index is 0.126. The number of amides is 2. The molecule has 2 aromatic rings. The molecule has 0 radical (unpaired) electrons. The van der Waals surface area contributed by atoms with Crippen LogP contribution in [0.25, 0.3) is 0 Å².